The van der Waals surface area contributed by atoms with Gasteiger partial charge in [-0.1, -0.05) is 30.3 Å². The number of amidine groups is 1. The predicted molar refractivity (Wildman–Crippen MR) is 97.6 cm³/mol. The van der Waals surface area contributed by atoms with Crippen LogP contribution in [0.25, 0.3) is 0 Å². The Labute approximate surface area is 142 Å². The highest BCUT2D eigenvalue weighted by Gasteiger charge is 2.27. The van der Waals surface area contributed by atoms with Crippen molar-refractivity contribution in [1.82, 2.24) is 0 Å². The topological polar surface area (TPSA) is 124 Å². The lowest BCUT2D eigenvalue weighted by Gasteiger charge is -2.17. The van der Waals surface area contributed by atoms with Gasteiger partial charge in [-0.15, -0.1) is 0 Å². The molecule has 1 aliphatic rings. The molecule has 0 aromatic heterocycles. The largest absolute Gasteiger partial charge is 0.404 e. The predicted octanol–water partition coefficient (Wildman–Crippen LogP) is 1.82. The van der Waals surface area contributed by atoms with E-state index in [-0.39, 0.29) is 12.1 Å². The third-order valence-electron chi connectivity index (χ3n) is 4.01. The Bertz CT molecular complexity index is 636. The van der Waals surface area contributed by atoms with Crippen molar-refractivity contribution in [2.45, 2.75) is 38.0 Å². The standard InChI is InChI=1S/C18H25N5O/c19-10-14(11-20)15(21)9-18(22)23-16-7-4-8-17(16)24-12-13-5-2-1-3-6-13/h1-3,5-6,9-11,16-17,19H,4,7-8,12,20-21H2,(H2,22,23)/t16-,17-/m0/s1. The molecular formula is C18H25N5O. The second-order valence-electron chi connectivity index (χ2n) is 5.75. The second-order valence-corrected chi connectivity index (χ2v) is 5.75. The number of hydrogen-bond donors (Lipinski definition) is 4. The van der Waals surface area contributed by atoms with Gasteiger partial charge in [-0.05, 0) is 24.8 Å². The van der Waals surface area contributed by atoms with Crippen molar-refractivity contribution in [3.05, 3.63) is 59.4 Å². The van der Waals surface area contributed by atoms with Crippen molar-refractivity contribution >= 4 is 12.1 Å². The van der Waals surface area contributed by atoms with Gasteiger partial charge in [0, 0.05) is 29.8 Å². The van der Waals surface area contributed by atoms with Gasteiger partial charge >= 0.3 is 0 Å². The van der Waals surface area contributed by atoms with Crippen molar-refractivity contribution in [2.75, 3.05) is 0 Å². The fourth-order valence-electron chi connectivity index (χ4n) is 2.73. The average Bonchev–Trinajstić information content (AvgIpc) is 3.02. The van der Waals surface area contributed by atoms with Crippen molar-refractivity contribution < 1.29 is 4.74 Å². The molecule has 1 aromatic carbocycles. The SMILES string of the molecule is N=CC(=CN)C(N)=CC(N)=N[C@H]1CCC[C@@H]1OCc1ccccc1. The summed E-state index contributed by atoms with van der Waals surface area (Å²) in [6.45, 7) is 0.573. The molecule has 1 saturated carbocycles. The maximum Gasteiger partial charge on any atom is 0.120 e. The molecule has 1 aromatic rings. The monoisotopic (exact) mass is 327 g/mol. The van der Waals surface area contributed by atoms with Gasteiger partial charge in [0.15, 0.2) is 0 Å². The zero-order valence-electron chi connectivity index (χ0n) is 13.7. The first-order valence-electron chi connectivity index (χ1n) is 8.02. The van der Waals surface area contributed by atoms with Gasteiger partial charge < -0.3 is 27.3 Å². The minimum Gasteiger partial charge on any atom is -0.404 e. The zero-order chi connectivity index (χ0) is 17.4. The summed E-state index contributed by atoms with van der Waals surface area (Å²) < 4.78 is 6.02. The van der Waals surface area contributed by atoms with Crippen molar-refractivity contribution in [3.8, 4) is 0 Å². The van der Waals surface area contributed by atoms with Crippen LogP contribution in [-0.4, -0.2) is 24.2 Å². The number of aliphatic imine (C=N–C) groups is 1. The highest BCUT2D eigenvalue weighted by atomic mass is 16.5. The summed E-state index contributed by atoms with van der Waals surface area (Å²) in [5, 5.41) is 7.23. The second kappa shape index (κ2) is 8.88. The first kappa shape index (κ1) is 17.7. The highest BCUT2D eigenvalue weighted by Crippen LogP contribution is 2.26. The van der Waals surface area contributed by atoms with Crippen LogP contribution in [0, 0.1) is 5.41 Å². The Morgan fingerprint density at radius 3 is 2.67 bits per heavy atom. The van der Waals surface area contributed by atoms with E-state index in [1.54, 1.807) is 0 Å². The fourth-order valence-corrected chi connectivity index (χ4v) is 2.73. The maximum atomic E-state index is 7.23. The summed E-state index contributed by atoms with van der Waals surface area (Å²) in [5.41, 5.74) is 19.1. The van der Waals surface area contributed by atoms with E-state index in [9.17, 15) is 0 Å². The lowest BCUT2D eigenvalue weighted by molar-refractivity contribution is 0.0362. The lowest BCUT2D eigenvalue weighted by atomic mass is 10.2. The van der Waals surface area contributed by atoms with Crippen molar-refractivity contribution in [1.29, 1.82) is 5.41 Å². The van der Waals surface area contributed by atoms with E-state index in [4.69, 9.17) is 27.3 Å². The van der Waals surface area contributed by atoms with Crippen LogP contribution in [0.1, 0.15) is 24.8 Å². The molecule has 7 N–H and O–H groups in total. The van der Waals surface area contributed by atoms with E-state index >= 15 is 0 Å². The Balaban J connectivity index is 1.99. The fraction of sp³-hybridized carbons (Fsp3) is 0.333. The van der Waals surface area contributed by atoms with Gasteiger partial charge in [0.2, 0.25) is 0 Å². The molecule has 0 spiro atoms. The number of nitrogens with zero attached hydrogens (tertiary/aromatic N) is 1. The minimum absolute atomic E-state index is 0.0306. The molecule has 1 fully saturated rings. The molecular weight excluding hydrogens is 302 g/mol. The average molecular weight is 327 g/mol. The molecule has 0 unspecified atom stereocenters. The summed E-state index contributed by atoms with van der Waals surface area (Å²) in [4.78, 5) is 4.53. The van der Waals surface area contributed by atoms with E-state index < -0.39 is 0 Å². The van der Waals surface area contributed by atoms with Gasteiger partial charge in [0.05, 0.1) is 18.8 Å². The molecule has 0 saturated heterocycles. The molecule has 2 atom stereocenters. The van der Waals surface area contributed by atoms with E-state index in [0.29, 0.717) is 23.7 Å². The first-order chi connectivity index (χ1) is 11.6. The number of nitrogens with two attached hydrogens (primary N) is 3. The molecule has 0 bridgehead atoms. The maximum absolute atomic E-state index is 7.23. The van der Waals surface area contributed by atoms with Crippen LogP contribution in [0.15, 0.2) is 58.9 Å². The molecule has 0 aliphatic heterocycles. The van der Waals surface area contributed by atoms with Crippen molar-refractivity contribution in [3.63, 3.8) is 0 Å². The molecule has 24 heavy (non-hydrogen) atoms. The molecule has 0 amide bonds. The third kappa shape index (κ3) is 4.96. The number of nitrogens with one attached hydrogen (secondary N) is 1. The number of rotatable bonds is 7. The summed E-state index contributed by atoms with van der Waals surface area (Å²) in [6.07, 6.45) is 6.93. The Morgan fingerprint density at radius 1 is 1.25 bits per heavy atom. The molecule has 128 valence electrons. The summed E-state index contributed by atoms with van der Waals surface area (Å²) in [6, 6.07) is 10.1. The van der Waals surface area contributed by atoms with Gasteiger partial charge in [0.1, 0.15) is 5.84 Å². The Hall–Kier alpha value is -2.60. The van der Waals surface area contributed by atoms with E-state index in [1.807, 2.05) is 30.3 Å². The summed E-state index contributed by atoms with van der Waals surface area (Å²) >= 11 is 0. The zero-order valence-corrected chi connectivity index (χ0v) is 13.7. The quantitative estimate of drug-likeness (QED) is 0.346. The van der Waals surface area contributed by atoms with Gasteiger partial charge in [0.25, 0.3) is 0 Å². The minimum atomic E-state index is 0.0306. The van der Waals surface area contributed by atoms with Crippen LogP contribution >= 0.6 is 0 Å². The number of allylic oxidation sites excluding steroid dienone is 1. The van der Waals surface area contributed by atoms with Gasteiger partial charge in [-0.3, -0.25) is 4.99 Å². The van der Waals surface area contributed by atoms with Gasteiger partial charge in [-0.2, -0.15) is 0 Å². The van der Waals surface area contributed by atoms with Crippen LogP contribution < -0.4 is 17.2 Å². The van der Waals surface area contributed by atoms with E-state index in [1.165, 1.54) is 12.3 Å². The lowest BCUT2D eigenvalue weighted by Crippen LogP contribution is -2.25. The van der Waals surface area contributed by atoms with Crippen LogP contribution in [0.2, 0.25) is 0 Å². The van der Waals surface area contributed by atoms with Crippen LogP contribution in [0.5, 0.6) is 0 Å². The first-order valence-corrected chi connectivity index (χ1v) is 8.02. The van der Waals surface area contributed by atoms with E-state index in [2.05, 4.69) is 4.99 Å². The van der Waals surface area contributed by atoms with Crippen LogP contribution in [0.4, 0.5) is 0 Å². The van der Waals surface area contributed by atoms with Gasteiger partial charge in [-0.25, -0.2) is 0 Å². The smallest absolute Gasteiger partial charge is 0.120 e. The Kier molecular flexibility index (Phi) is 6.57. The van der Waals surface area contributed by atoms with E-state index in [0.717, 1.165) is 31.0 Å². The molecule has 1 aliphatic carbocycles. The summed E-state index contributed by atoms with van der Waals surface area (Å²) in [5.74, 6) is 0.328. The normalized spacial score (nSPS) is 22.6. The highest BCUT2D eigenvalue weighted by molar-refractivity contribution is 5.95. The number of ether oxygens (including phenoxy) is 1. The molecule has 6 nitrogen and oxygen atoms in total. The van der Waals surface area contributed by atoms with Crippen LogP contribution in [0.3, 0.4) is 0 Å². The molecule has 0 heterocycles. The number of hydrogen-bond acceptors (Lipinski definition) is 5. The summed E-state index contributed by atoms with van der Waals surface area (Å²) in [7, 11) is 0. The number of benzene rings is 1. The van der Waals surface area contributed by atoms with Crippen molar-refractivity contribution in [2.24, 2.45) is 22.2 Å². The third-order valence-corrected chi connectivity index (χ3v) is 4.01. The molecule has 2 rings (SSSR count). The Morgan fingerprint density at radius 2 is 2.00 bits per heavy atom. The molecule has 0 radical (unpaired) electrons. The van der Waals surface area contributed by atoms with Crippen LogP contribution in [-0.2, 0) is 11.3 Å². The molecule has 6 heteroatoms.